The Morgan fingerprint density at radius 1 is 1.44 bits per heavy atom. The normalized spacial score (nSPS) is 13.8. The molecule has 0 radical (unpaired) electrons. The molecule has 98 valence electrons. The standard InChI is InChI=1S/C13H16O5/c1-8-3-4-9(7-14)5-10(8)13(17)11(15)6-12(16)18-2/h3-5,7,11,13,15,17H,6H2,1-2H3. The Hall–Kier alpha value is -1.72. The van der Waals surface area contributed by atoms with Gasteiger partial charge in [0, 0.05) is 5.56 Å². The number of aliphatic hydroxyl groups excluding tert-OH is 2. The molecule has 18 heavy (non-hydrogen) atoms. The van der Waals surface area contributed by atoms with Crippen LogP contribution in [-0.4, -0.2) is 35.7 Å². The number of rotatable bonds is 5. The maximum absolute atomic E-state index is 11.0. The van der Waals surface area contributed by atoms with Gasteiger partial charge in [0.25, 0.3) is 0 Å². The Morgan fingerprint density at radius 3 is 2.67 bits per heavy atom. The molecule has 0 saturated carbocycles. The predicted octanol–water partition coefficient (Wildman–Crippen LogP) is 0.765. The second-order valence-electron chi connectivity index (χ2n) is 4.03. The summed E-state index contributed by atoms with van der Waals surface area (Å²) in [6, 6.07) is 4.78. The Labute approximate surface area is 105 Å². The van der Waals surface area contributed by atoms with Crippen LogP contribution in [0, 0.1) is 6.92 Å². The minimum Gasteiger partial charge on any atom is -0.469 e. The summed E-state index contributed by atoms with van der Waals surface area (Å²) in [4.78, 5) is 21.7. The van der Waals surface area contributed by atoms with E-state index in [1.54, 1.807) is 19.1 Å². The molecule has 0 amide bonds. The third-order valence-corrected chi connectivity index (χ3v) is 2.73. The highest BCUT2D eigenvalue weighted by atomic mass is 16.5. The first-order valence-corrected chi connectivity index (χ1v) is 5.48. The van der Waals surface area contributed by atoms with Crippen LogP contribution in [0.3, 0.4) is 0 Å². The molecule has 5 heteroatoms. The fourth-order valence-electron chi connectivity index (χ4n) is 1.62. The lowest BCUT2D eigenvalue weighted by Crippen LogP contribution is -2.23. The van der Waals surface area contributed by atoms with E-state index >= 15 is 0 Å². The van der Waals surface area contributed by atoms with Crippen molar-refractivity contribution >= 4 is 12.3 Å². The van der Waals surface area contributed by atoms with E-state index in [1.165, 1.54) is 13.2 Å². The molecule has 0 saturated heterocycles. The molecule has 0 heterocycles. The van der Waals surface area contributed by atoms with E-state index in [-0.39, 0.29) is 6.42 Å². The molecule has 5 nitrogen and oxygen atoms in total. The highest BCUT2D eigenvalue weighted by Crippen LogP contribution is 2.23. The van der Waals surface area contributed by atoms with Crippen molar-refractivity contribution in [2.75, 3.05) is 7.11 Å². The van der Waals surface area contributed by atoms with Crippen LogP contribution in [0.4, 0.5) is 0 Å². The zero-order valence-electron chi connectivity index (χ0n) is 10.3. The van der Waals surface area contributed by atoms with Crippen LogP contribution in [0.15, 0.2) is 18.2 Å². The summed E-state index contributed by atoms with van der Waals surface area (Å²) in [7, 11) is 1.21. The smallest absolute Gasteiger partial charge is 0.308 e. The van der Waals surface area contributed by atoms with E-state index in [0.717, 1.165) is 5.56 Å². The summed E-state index contributed by atoms with van der Waals surface area (Å²) in [5.41, 5.74) is 1.56. The second kappa shape index (κ2) is 6.28. The third kappa shape index (κ3) is 3.38. The van der Waals surface area contributed by atoms with Gasteiger partial charge in [-0.2, -0.15) is 0 Å². The highest BCUT2D eigenvalue weighted by molar-refractivity contribution is 5.75. The SMILES string of the molecule is COC(=O)CC(O)C(O)c1cc(C=O)ccc1C. The van der Waals surface area contributed by atoms with Crippen molar-refractivity contribution in [3.8, 4) is 0 Å². The summed E-state index contributed by atoms with van der Waals surface area (Å²) >= 11 is 0. The molecule has 1 aromatic rings. The average molecular weight is 252 g/mol. The minimum atomic E-state index is -1.27. The van der Waals surface area contributed by atoms with Gasteiger partial charge in [-0.25, -0.2) is 0 Å². The van der Waals surface area contributed by atoms with Crippen molar-refractivity contribution in [3.63, 3.8) is 0 Å². The van der Waals surface area contributed by atoms with E-state index in [4.69, 9.17) is 0 Å². The molecular weight excluding hydrogens is 236 g/mol. The van der Waals surface area contributed by atoms with Crippen LogP contribution in [0.2, 0.25) is 0 Å². The second-order valence-corrected chi connectivity index (χ2v) is 4.03. The Balaban J connectivity index is 2.91. The number of hydrogen-bond acceptors (Lipinski definition) is 5. The molecule has 0 aliphatic carbocycles. The molecule has 0 aromatic heterocycles. The first kappa shape index (κ1) is 14.3. The Bertz CT molecular complexity index is 441. The number of benzene rings is 1. The fraction of sp³-hybridized carbons (Fsp3) is 0.385. The van der Waals surface area contributed by atoms with E-state index in [2.05, 4.69) is 4.74 Å². The predicted molar refractivity (Wildman–Crippen MR) is 64.2 cm³/mol. The van der Waals surface area contributed by atoms with Crippen LogP contribution in [0.5, 0.6) is 0 Å². The summed E-state index contributed by atoms with van der Waals surface area (Å²) in [6.45, 7) is 1.75. The molecule has 1 rings (SSSR count). The molecule has 0 bridgehead atoms. The summed E-state index contributed by atoms with van der Waals surface area (Å²) in [6.07, 6.45) is -2.15. The molecule has 0 fully saturated rings. The van der Waals surface area contributed by atoms with Gasteiger partial charge in [0.15, 0.2) is 0 Å². The van der Waals surface area contributed by atoms with Gasteiger partial charge in [-0.15, -0.1) is 0 Å². The quantitative estimate of drug-likeness (QED) is 0.597. The Morgan fingerprint density at radius 2 is 2.11 bits per heavy atom. The number of aldehydes is 1. The molecule has 0 aliphatic heterocycles. The molecule has 1 aromatic carbocycles. The number of ether oxygens (including phenoxy) is 1. The number of carbonyl (C=O) groups excluding carboxylic acids is 2. The number of aliphatic hydroxyl groups is 2. The fourth-order valence-corrected chi connectivity index (χ4v) is 1.62. The van der Waals surface area contributed by atoms with E-state index < -0.39 is 18.2 Å². The molecule has 2 atom stereocenters. The van der Waals surface area contributed by atoms with Crippen molar-refractivity contribution in [1.29, 1.82) is 0 Å². The molecule has 2 unspecified atom stereocenters. The zero-order valence-corrected chi connectivity index (χ0v) is 10.3. The Kier molecular flexibility index (Phi) is 5.00. The largest absolute Gasteiger partial charge is 0.469 e. The summed E-state index contributed by atoms with van der Waals surface area (Å²) < 4.78 is 4.42. The number of esters is 1. The number of aryl methyl sites for hydroxylation is 1. The van der Waals surface area contributed by atoms with Crippen LogP contribution in [0.1, 0.15) is 34.0 Å². The van der Waals surface area contributed by atoms with Crippen molar-refractivity contribution in [1.82, 2.24) is 0 Å². The maximum Gasteiger partial charge on any atom is 0.308 e. The summed E-state index contributed by atoms with van der Waals surface area (Å²) in [5.74, 6) is -0.606. The topological polar surface area (TPSA) is 83.8 Å². The average Bonchev–Trinajstić information content (AvgIpc) is 2.38. The van der Waals surface area contributed by atoms with E-state index in [9.17, 15) is 19.8 Å². The minimum absolute atomic E-state index is 0.303. The van der Waals surface area contributed by atoms with Gasteiger partial charge in [0.2, 0.25) is 0 Å². The number of hydrogen-bond donors (Lipinski definition) is 2. The lowest BCUT2D eigenvalue weighted by atomic mass is 9.96. The summed E-state index contributed by atoms with van der Waals surface area (Å²) in [5, 5.41) is 19.7. The van der Waals surface area contributed by atoms with Crippen molar-refractivity contribution < 1.29 is 24.5 Å². The van der Waals surface area contributed by atoms with Crippen LogP contribution >= 0.6 is 0 Å². The van der Waals surface area contributed by atoms with Gasteiger partial charge in [-0.1, -0.05) is 12.1 Å². The molecule has 0 aliphatic rings. The van der Waals surface area contributed by atoms with Gasteiger partial charge in [0.1, 0.15) is 12.4 Å². The van der Waals surface area contributed by atoms with Crippen LogP contribution in [0.25, 0.3) is 0 Å². The first-order valence-electron chi connectivity index (χ1n) is 5.48. The third-order valence-electron chi connectivity index (χ3n) is 2.73. The maximum atomic E-state index is 11.0. The lowest BCUT2D eigenvalue weighted by molar-refractivity contribution is -0.144. The van der Waals surface area contributed by atoms with Gasteiger partial charge in [-0.05, 0) is 24.1 Å². The van der Waals surface area contributed by atoms with Gasteiger partial charge < -0.3 is 14.9 Å². The van der Waals surface area contributed by atoms with Gasteiger partial charge in [-0.3, -0.25) is 9.59 Å². The number of carbonyl (C=O) groups is 2. The van der Waals surface area contributed by atoms with Crippen LogP contribution < -0.4 is 0 Å². The molecule has 0 spiro atoms. The lowest BCUT2D eigenvalue weighted by Gasteiger charge is -2.19. The molecule has 2 N–H and O–H groups in total. The monoisotopic (exact) mass is 252 g/mol. The van der Waals surface area contributed by atoms with Crippen molar-refractivity contribution in [3.05, 3.63) is 34.9 Å². The van der Waals surface area contributed by atoms with Gasteiger partial charge >= 0.3 is 5.97 Å². The van der Waals surface area contributed by atoms with Crippen molar-refractivity contribution in [2.24, 2.45) is 0 Å². The molecular formula is C13H16O5. The number of methoxy groups -OCH3 is 1. The van der Waals surface area contributed by atoms with E-state index in [1.807, 2.05) is 0 Å². The van der Waals surface area contributed by atoms with Crippen LogP contribution in [-0.2, 0) is 9.53 Å². The van der Waals surface area contributed by atoms with Crippen molar-refractivity contribution in [2.45, 2.75) is 25.6 Å². The van der Waals surface area contributed by atoms with Gasteiger partial charge in [0.05, 0.1) is 19.6 Å². The van der Waals surface area contributed by atoms with E-state index in [0.29, 0.717) is 17.4 Å². The first-order chi connectivity index (χ1) is 8.49. The zero-order chi connectivity index (χ0) is 13.7. The highest BCUT2D eigenvalue weighted by Gasteiger charge is 2.23.